The Morgan fingerprint density at radius 2 is 2.12 bits per heavy atom. The number of carbonyl (C=O) groups excluding carboxylic acids is 2. The molecule has 0 spiro atoms. The first-order chi connectivity index (χ1) is 12.1. The summed E-state index contributed by atoms with van der Waals surface area (Å²) < 4.78 is 5.27. The van der Waals surface area contributed by atoms with E-state index in [0.717, 1.165) is 36.3 Å². The van der Waals surface area contributed by atoms with Gasteiger partial charge in [-0.3, -0.25) is 9.59 Å². The molecule has 0 radical (unpaired) electrons. The SMILES string of the molecule is C[C@H](OC(=O)Cc1csc(-c2ccsc2)n1)C(=O)NC1CCCCC1. The molecule has 5 nitrogen and oxygen atoms in total. The van der Waals surface area contributed by atoms with Crippen molar-refractivity contribution in [1.29, 1.82) is 0 Å². The van der Waals surface area contributed by atoms with Gasteiger partial charge < -0.3 is 10.1 Å². The zero-order chi connectivity index (χ0) is 17.6. The quantitative estimate of drug-likeness (QED) is 0.777. The Morgan fingerprint density at radius 3 is 2.84 bits per heavy atom. The fraction of sp³-hybridized carbons (Fsp3) is 0.500. The average molecular weight is 379 g/mol. The van der Waals surface area contributed by atoms with Crippen LogP contribution in [0.2, 0.25) is 0 Å². The third-order valence-corrected chi connectivity index (χ3v) is 5.90. The molecule has 0 aromatic carbocycles. The van der Waals surface area contributed by atoms with Crippen LogP contribution < -0.4 is 5.32 Å². The number of ether oxygens (including phenoxy) is 1. The van der Waals surface area contributed by atoms with Gasteiger partial charge in [-0.1, -0.05) is 19.3 Å². The minimum Gasteiger partial charge on any atom is -0.452 e. The molecule has 1 fully saturated rings. The second kappa shape index (κ2) is 8.58. The van der Waals surface area contributed by atoms with Crippen LogP contribution in [-0.4, -0.2) is 29.0 Å². The van der Waals surface area contributed by atoms with E-state index in [-0.39, 0.29) is 18.4 Å². The Hall–Kier alpha value is -1.73. The summed E-state index contributed by atoms with van der Waals surface area (Å²) >= 11 is 3.12. The highest BCUT2D eigenvalue weighted by Crippen LogP contribution is 2.26. The fourth-order valence-corrected chi connectivity index (χ4v) is 4.44. The van der Waals surface area contributed by atoms with Gasteiger partial charge in [-0.2, -0.15) is 11.3 Å². The summed E-state index contributed by atoms with van der Waals surface area (Å²) in [6.07, 6.45) is 4.86. The van der Waals surface area contributed by atoms with E-state index in [9.17, 15) is 9.59 Å². The van der Waals surface area contributed by atoms with Gasteiger partial charge in [0.1, 0.15) is 5.01 Å². The van der Waals surface area contributed by atoms with Gasteiger partial charge in [0.25, 0.3) is 5.91 Å². The molecule has 1 amide bonds. The van der Waals surface area contributed by atoms with E-state index in [1.807, 2.05) is 22.2 Å². The molecule has 25 heavy (non-hydrogen) atoms. The molecule has 0 bridgehead atoms. The standard InChI is InChI=1S/C18H22N2O3S2/c1-12(17(22)19-14-5-3-2-4-6-14)23-16(21)9-15-11-25-18(20-15)13-7-8-24-10-13/h7-8,10-12,14H,2-6,9H2,1H3,(H,19,22)/t12-/m0/s1. The Bertz CT molecular complexity index is 706. The summed E-state index contributed by atoms with van der Waals surface area (Å²) in [5.41, 5.74) is 1.74. The second-order valence-electron chi connectivity index (χ2n) is 6.31. The van der Waals surface area contributed by atoms with Gasteiger partial charge in [-0.05, 0) is 31.2 Å². The number of nitrogens with zero attached hydrogens (tertiary/aromatic N) is 1. The zero-order valence-corrected chi connectivity index (χ0v) is 15.8. The normalized spacial score (nSPS) is 16.4. The van der Waals surface area contributed by atoms with Crippen LogP contribution in [0.1, 0.15) is 44.7 Å². The molecule has 1 atom stereocenters. The highest BCUT2D eigenvalue weighted by molar-refractivity contribution is 7.14. The van der Waals surface area contributed by atoms with Gasteiger partial charge in [0.05, 0.1) is 12.1 Å². The largest absolute Gasteiger partial charge is 0.452 e. The molecule has 0 saturated heterocycles. The van der Waals surface area contributed by atoms with E-state index in [1.54, 1.807) is 18.3 Å². The molecule has 2 aromatic rings. The third-order valence-electron chi connectivity index (χ3n) is 4.27. The molecular weight excluding hydrogens is 356 g/mol. The third kappa shape index (κ3) is 5.12. The van der Waals surface area contributed by atoms with Crippen molar-refractivity contribution >= 4 is 34.6 Å². The van der Waals surface area contributed by atoms with Gasteiger partial charge in [-0.15, -0.1) is 11.3 Å². The first-order valence-electron chi connectivity index (χ1n) is 8.58. The molecule has 2 heterocycles. The van der Waals surface area contributed by atoms with Crippen LogP contribution in [0.4, 0.5) is 0 Å². The van der Waals surface area contributed by atoms with Crippen molar-refractivity contribution in [3.05, 3.63) is 27.9 Å². The first-order valence-corrected chi connectivity index (χ1v) is 10.4. The minimum atomic E-state index is -0.774. The predicted molar refractivity (Wildman–Crippen MR) is 99.7 cm³/mol. The van der Waals surface area contributed by atoms with Crippen LogP contribution in [0.5, 0.6) is 0 Å². The number of carbonyl (C=O) groups is 2. The van der Waals surface area contributed by atoms with Crippen molar-refractivity contribution < 1.29 is 14.3 Å². The van der Waals surface area contributed by atoms with Crippen molar-refractivity contribution in [2.24, 2.45) is 0 Å². The number of thiazole rings is 1. The maximum Gasteiger partial charge on any atom is 0.312 e. The van der Waals surface area contributed by atoms with Gasteiger partial charge >= 0.3 is 5.97 Å². The van der Waals surface area contributed by atoms with Gasteiger partial charge in [0.2, 0.25) is 0 Å². The van der Waals surface area contributed by atoms with Crippen molar-refractivity contribution in [3.8, 4) is 10.6 Å². The summed E-state index contributed by atoms with van der Waals surface area (Å²) in [5.74, 6) is -0.633. The highest BCUT2D eigenvalue weighted by Gasteiger charge is 2.22. The molecule has 0 unspecified atom stereocenters. The van der Waals surface area contributed by atoms with Gasteiger partial charge in [-0.25, -0.2) is 4.98 Å². The molecule has 1 N–H and O–H groups in total. The van der Waals surface area contributed by atoms with Crippen molar-refractivity contribution in [1.82, 2.24) is 10.3 Å². The Morgan fingerprint density at radius 1 is 1.32 bits per heavy atom. The Kier molecular flexibility index (Phi) is 6.20. The minimum absolute atomic E-state index is 0.0850. The van der Waals surface area contributed by atoms with E-state index < -0.39 is 12.1 Å². The number of nitrogens with one attached hydrogen (secondary N) is 1. The monoisotopic (exact) mass is 378 g/mol. The lowest BCUT2D eigenvalue weighted by molar-refractivity contribution is -0.154. The molecule has 7 heteroatoms. The lowest BCUT2D eigenvalue weighted by Crippen LogP contribution is -2.42. The maximum atomic E-state index is 12.2. The summed E-state index contributed by atoms with van der Waals surface area (Å²) in [4.78, 5) is 28.7. The fourth-order valence-electron chi connectivity index (χ4n) is 2.91. The Balaban J connectivity index is 1.47. The van der Waals surface area contributed by atoms with E-state index in [2.05, 4.69) is 10.3 Å². The Labute approximate surface area is 155 Å². The number of esters is 1. The van der Waals surface area contributed by atoms with Crippen molar-refractivity contribution in [3.63, 3.8) is 0 Å². The number of thiophene rings is 1. The lowest BCUT2D eigenvalue weighted by atomic mass is 9.95. The molecular formula is C18H22N2O3S2. The molecule has 1 aliphatic rings. The van der Waals surface area contributed by atoms with Crippen LogP contribution in [0.15, 0.2) is 22.2 Å². The van der Waals surface area contributed by atoms with Crippen LogP contribution in [-0.2, 0) is 20.7 Å². The van der Waals surface area contributed by atoms with E-state index in [4.69, 9.17) is 4.74 Å². The number of hydrogen-bond donors (Lipinski definition) is 1. The number of aromatic nitrogens is 1. The summed E-state index contributed by atoms with van der Waals surface area (Å²) in [6, 6.07) is 2.22. The number of hydrogen-bond acceptors (Lipinski definition) is 6. The second-order valence-corrected chi connectivity index (χ2v) is 7.95. The van der Waals surface area contributed by atoms with E-state index in [1.165, 1.54) is 17.8 Å². The van der Waals surface area contributed by atoms with E-state index >= 15 is 0 Å². The first kappa shape index (κ1) is 18.1. The lowest BCUT2D eigenvalue weighted by Gasteiger charge is -2.24. The van der Waals surface area contributed by atoms with Crippen molar-refractivity contribution in [2.75, 3.05) is 0 Å². The predicted octanol–water partition coefficient (Wildman–Crippen LogP) is 3.79. The van der Waals surface area contributed by atoms with Gasteiger partial charge in [0, 0.05) is 22.4 Å². The smallest absolute Gasteiger partial charge is 0.312 e. The number of rotatable bonds is 6. The van der Waals surface area contributed by atoms with Crippen molar-refractivity contribution in [2.45, 2.75) is 57.6 Å². The summed E-state index contributed by atoms with van der Waals surface area (Å²) in [6.45, 7) is 1.62. The molecule has 1 aliphatic carbocycles. The molecule has 0 aliphatic heterocycles. The molecule has 2 aromatic heterocycles. The average Bonchev–Trinajstić information content (AvgIpc) is 3.26. The topological polar surface area (TPSA) is 68.3 Å². The van der Waals surface area contributed by atoms with Crippen LogP contribution in [0.25, 0.3) is 10.6 Å². The molecule has 3 rings (SSSR count). The molecule has 1 saturated carbocycles. The van der Waals surface area contributed by atoms with Gasteiger partial charge in [0.15, 0.2) is 6.10 Å². The van der Waals surface area contributed by atoms with Crippen LogP contribution >= 0.6 is 22.7 Å². The highest BCUT2D eigenvalue weighted by atomic mass is 32.1. The zero-order valence-electron chi connectivity index (χ0n) is 14.2. The van der Waals surface area contributed by atoms with Crippen LogP contribution in [0.3, 0.4) is 0 Å². The number of amides is 1. The van der Waals surface area contributed by atoms with E-state index in [0.29, 0.717) is 5.69 Å². The van der Waals surface area contributed by atoms with Crippen LogP contribution in [0, 0.1) is 0 Å². The summed E-state index contributed by atoms with van der Waals surface area (Å²) in [7, 11) is 0. The summed E-state index contributed by atoms with van der Waals surface area (Å²) in [5, 5.41) is 9.76. The molecule has 134 valence electrons. The maximum absolute atomic E-state index is 12.2.